The third-order valence-electron chi connectivity index (χ3n) is 3.97. The number of benzene rings is 2. The van der Waals surface area contributed by atoms with Crippen LogP contribution in [0.15, 0.2) is 42.5 Å². The van der Waals surface area contributed by atoms with Crippen LogP contribution in [-0.4, -0.2) is 28.8 Å². The second kappa shape index (κ2) is 6.83. The second-order valence-electron chi connectivity index (χ2n) is 7.17. The first-order valence-corrected chi connectivity index (χ1v) is 8.71. The first-order valence-electron chi connectivity index (χ1n) is 8.71. The predicted octanol–water partition coefficient (Wildman–Crippen LogP) is 4.68. The molecule has 0 N–H and O–H groups in total. The van der Waals surface area contributed by atoms with Crippen molar-refractivity contribution in [2.24, 2.45) is 0 Å². The number of hydrogen-bond acceptors (Lipinski definition) is 4. The molecule has 0 amide bonds. The van der Waals surface area contributed by atoms with Crippen LogP contribution in [0.1, 0.15) is 33.3 Å². The third-order valence-corrected chi connectivity index (χ3v) is 3.97. The summed E-state index contributed by atoms with van der Waals surface area (Å²) in [5.41, 5.74) is 1.70. The molecule has 0 aliphatic carbocycles. The fourth-order valence-corrected chi connectivity index (χ4v) is 3.01. The Labute approximate surface area is 152 Å². The van der Waals surface area contributed by atoms with Gasteiger partial charge in [-0.25, -0.2) is 9.36 Å². The Morgan fingerprint density at radius 2 is 1.69 bits per heavy atom. The molecule has 0 bridgehead atoms. The molecular formula is C21H23NO4. The molecule has 0 atom stereocenters. The van der Waals surface area contributed by atoms with Crippen LogP contribution >= 0.6 is 0 Å². The molecule has 0 unspecified atom stereocenters. The Hall–Kier alpha value is -2.82. The van der Waals surface area contributed by atoms with Gasteiger partial charge in [0.15, 0.2) is 0 Å². The van der Waals surface area contributed by atoms with Crippen molar-refractivity contribution in [2.75, 3.05) is 6.61 Å². The number of esters is 1. The maximum Gasteiger partial charge on any atom is 0.419 e. The number of carbonyl (C=O) groups excluding carboxylic acids is 2. The second-order valence-corrected chi connectivity index (χ2v) is 7.17. The third kappa shape index (κ3) is 3.57. The average Bonchev–Trinajstić information content (AvgIpc) is 2.87. The van der Waals surface area contributed by atoms with Gasteiger partial charge in [-0.2, -0.15) is 0 Å². The van der Waals surface area contributed by atoms with Crippen LogP contribution in [0.3, 0.4) is 0 Å². The van der Waals surface area contributed by atoms with Crippen molar-refractivity contribution in [3.63, 3.8) is 0 Å². The van der Waals surface area contributed by atoms with Crippen molar-refractivity contribution < 1.29 is 19.1 Å². The summed E-state index contributed by atoms with van der Waals surface area (Å²) in [4.78, 5) is 24.6. The van der Waals surface area contributed by atoms with Crippen molar-refractivity contribution in [3.05, 3.63) is 48.0 Å². The molecule has 0 aliphatic rings. The molecule has 26 heavy (non-hydrogen) atoms. The zero-order chi connectivity index (χ0) is 18.9. The van der Waals surface area contributed by atoms with E-state index in [9.17, 15) is 9.59 Å². The maximum atomic E-state index is 12.8. The van der Waals surface area contributed by atoms with Gasteiger partial charge in [0.25, 0.3) is 0 Å². The van der Waals surface area contributed by atoms with E-state index in [0.29, 0.717) is 6.61 Å². The quantitative estimate of drug-likeness (QED) is 0.641. The van der Waals surface area contributed by atoms with Gasteiger partial charge in [-0.15, -0.1) is 0 Å². The van der Waals surface area contributed by atoms with Gasteiger partial charge in [-0.3, -0.25) is 4.79 Å². The SMILES string of the molecule is CCOC(=O)Cc1ccc2c3ccccc3n(C(=O)OC(C)(C)C)c2c1. The van der Waals surface area contributed by atoms with Crippen molar-refractivity contribution in [1.29, 1.82) is 0 Å². The number of aromatic nitrogens is 1. The summed E-state index contributed by atoms with van der Waals surface area (Å²) in [7, 11) is 0. The first kappa shape index (κ1) is 18.0. The summed E-state index contributed by atoms with van der Waals surface area (Å²) >= 11 is 0. The highest BCUT2D eigenvalue weighted by atomic mass is 16.6. The molecule has 1 aromatic heterocycles. The smallest absolute Gasteiger partial charge is 0.419 e. The Morgan fingerprint density at radius 3 is 2.38 bits per heavy atom. The summed E-state index contributed by atoms with van der Waals surface area (Å²) in [5, 5.41) is 1.91. The minimum absolute atomic E-state index is 0.166. The number of carbonyl (C=O) groups is 2. The largest absolute Gasteiger partial charge is 0.466 e. The Kier molecular flexibility index (Phi) is 4.72. The van der Waals surface area contributed by atoms with Gasteiger partial charge in [-0.05, 0) is 45.4 Å². The standard InChI is InChI=1S/C21H23NO4/c1-5-25-19(23)13-14-10-11-16-15-8-6-7-9-17(15)22(18(16)12-14)20(24)26-21(2,3)4/h6-12H,5,13H2,1-4H3. The van der Waals surface area contributed by atoms with E-state index in [4.69, 9.17) is 9.47 Å². The molecule has 5 heteroatoms. The minimum Gasteiger partial charge on any atom is -0.466 e. The Balaban J connectivity index is 2.15. The van der Waals surface area contributed by atoms with Gasteiger partial charge < -0.3 is 9.47 Å². The molecule has 0 saturated heterocycles. The van der Waals surface area contributed by atoms with Gasteiger partial charge in [0, 0.05) is 10.8 Å². The number of rotatable bonds is 3. The van der Waals surface area contributed by atoms with E-state index in [-0.39, 0.29) is 12.4 Å². The number of hydrogen-bond donors (Lipinski definition) is 0. The zero-order valence-corrected chi connectivity index (χ0v) is 15.5. The molecule has 0 aliphatic heterocycles. The lowest BCUT2D eigenvalue weighted by Gasteiger charge is -2.20. The summed E-state index contributed by atoms with van der Waals surface area (Å²) in [5.74, 6) is -0.285. The first-order chi connectivity index (χ1) is 12.3. The average molecular weight is 353 g/mol. The van der Waals surface area contributed by atoms with E-state index in [1.165, 1.54) is 0 Å². The highest BCUT2D eigenvalue weighted by molar-refractivity contribution is 6.12. The molecule has 0 spiro atoms. The normalized spacial score (nSPS) is 11.7. The van der Waals surface area contributed by atoms with Crippen molar-refractivity contribution >= 4 is 33.9 Å². The summed E-state index contributed by atoms with van der Waals surface area (Å²) in [6.07, 6.45) is -0.267. The van der Waals surface area contributed by atoms with Gasteiger partial charge in [-0.1, -0.05) is 30.3 Å². The van der Waals surface area contributed by atoms with E-state index in [2.05, 4.69) is 0 Å². The molecule has 2 aromatic carbocycles. The highest BCUT2D eigenvalue weighted by Gasteiger charge is 2.22. The molecular weight excluding hydrogens is 330 g/mol. The van der Waals surface area contributed by atoms with E-state index in [1.807, 2.05) is 63.2 Å². The number of ether oxygens (including phenoxy) is 2. The number of fused-ring (bicyclic) bond motifs is 3. The van der Waals surface area contributed by atoms with Gasteiger partial charge in [0.1, 0.15) is 5.60 Å². The van der Waals surface area contributed by atoms with Crippen LogP contribution < -0.4 is 0 Å². The highest BCUT2D eigenvalue weighted by Crippen LogP contribution is 2.30. The lowest BCUT2D eigenvalue weighted by atomic mass is 10.1. The molecule has 1 heterocycles. The van der Waals surface area contributed by atoms with Crippen molar-refractivity contribution in [1.82, 2.24) is 4.57 Å². The van der Waals surface area contributed by atoms with Crippen LogP contribution in [0, 0.1) is 0 Å². The summed E-state index contributed by atoms with van der Waals surface area (Å²) in [6.45, 7) is 7.64. The van der Waals surface area contributed by atoms with Crippen LogP contribution in [0.25, 0.3) is 21.8 Å². The molecule has 3 rings (SSSR count). The van der Waals surface area contributed by atoms with Crippen molar-refractivity contribution in [2.45, 2.75) is 39.7 Å². The van der Waals surface area contributed by atoms with Crippen LogP contribution in [0.2, 0.25) is 0 Å². The monoisotopic (exact) mass is 353 g/mol. The Morgan fingerprint density at radius 1 is 1.00 bits per heavy atom. The molecule has 0 radical (unpaired) electrons. The molecule has 0 saturated carbocycles. The number of nitrogens with zero attached hydrogens (tertiary/aromatic N) is 1. The number of para-hydroxylation sites is 1. The molecule has 0 fully saturated rings. The summed E-state index contributed by atoms with van der Waals surface area (Å²) in [6, 6.07) is 13.4. The zero-order valence-electron chi connectivity index (χ0n) is 15.5. The van der Waals surface area contributed by atoms with E-state index < -0.39 is 11.7 Å². The predicted molar refractivity (Wildman–Crippen MR) is 101 cm³/mol. The van der Waals surface area contributed by atoms with Crippen LogP contribution in [-0.2, 0) is 20.7 Å². The fourth-order valence-electron chi connectivity index (χ4n) is 3.01. The van der Waals surface area contributed by atoms with Crippen LogP contribution in [0.5, 0.6) is 0 Å². The van der Waals surface area contributed by atoms with Gasteiger partial charge in [0.05, 0.1) is 24.1 Å². The van der Waals surface area contributed by atoms with E-state index >= 15 is 0 Å². The van der Waals surface area contributed by atoms with E-state index in [0.717, 1.165) is 27.4 Å². The van der Waals surface area contributed by atoms with Gasteiger partial charge >= 0.3 is 12.1 Å². The lowest BCUT2D eigenvalue weighted by Crippen LogP contribution is -2.27. The molecule has 3 aromatic rings. The van der Waals surface area contributed by atoms with Gasteiger partial charge in [0.2, 0.25) is 0 Å². The van der Waals surface area contributed by atoms with Crippen LogP contribution in [0.4, 0.5) is 4.79 Å². The Bertz CT molecular complexity index is 979. The van der Waals surface area contributed by atoms with E-state index in [1.54, 1.807) is 11.5 Å². The molecule has 5 nitrogen and oxygen atoms in total. The lowest BCUT2D eigenvalue weighted by molar-refractivity contribution is -0.142. The minimum atomic E-state index is -0.600. The summed E-state index contributed by atoms with van der Waals surface area (Å²) < 4.78 is 12.2. The molecule has 136 valence electrons. The maximum absolute atomic E-state index is 12.8. The van der Waals surface area contributed by atoms with Crippen molar-refractivity contribution in [3.8, 4) is 0 Å². The fraction of sp³-hybridized carbons (Fsp3) is 0.333. The topological polar surface area (TPSA) is 57.5 Å².